The summed E-state index contributed by atoms with van der Waals surface area (Å²) in [6.45, 7) is 0. The smallest absolute Gasteiger partial charge is 0.195 e. The third kappa shape index (κ3) is 3.71. The number of hydrogen-bond donors (Lipinski definition) is 0. The molecule has 2 aromatic rings. The predicted molar refractivity (Wildman–Crippen MR) is 90.6 cm³/mol. The summed E-state index contributed by atoms with van der Waals surface area (Å²) in [7, 11) is 3.01. The molecule has 23 heavy (non-hydrogen) atoms. The van der Waals surface area contributed by atoms with Crippen molar-refractivity contribution in [2.24, 2.45) is 5.18 Å². The van der Waals surface area contributed by atoms with Crippen LogP contribution >= 0.6 is 11.8 Å². The molecule has 1 atom stereocenters. The first kappa shape index (κ1) is 17.0. The van der Waals surface area contributed by atoms with Gasteiger partial charge in [0.15, 0.2) is 23.3 Å². The van der Waals surface area contributed by atoms with Crippen LogP contribution in [0, 0.1) is 4.91 Å². The number of methoxy groups -OCH3 is 2. The molecule has 0 aliphatic heterocycles. The lowest BCUT2D eigenvalue weighted by molar-refractivity contribution is 0.0961. The molecule has 0 radical (unpaired) electrons. The van der Waals surface area contributed by atoms with Crippen molar-refractivity contribution in [2.45, 2.75) is 10.9 Å². The zero-order valence-corrected chi connectivity index (χ0v) is 13.9. The summed E-state index contributed by atoms with van der Waals surface area (Å²) in [5.41, 5.74) is 0.916. The lowest BCUT2D eigenvalue weighted by Gasteiger charge is -2.12. The van der Waals surface area contributed by atoms with E-state index in [1.807, 2.05) is 18.4 Å². The SMILES string of the molecule is COc1ccc(C(=O)C(N=O)c2ccc(SC)cc2)cc1OC. The number of hydrogen-bond acceptors (Lipinski definition) is 6. The first-order valence-corrected chi connectivity index (χ1v) is 8.09. The highest BCUT2D eigenvalue weighted by molar-refractivity contribution is 7.98. The average Bonchev–Trinajstić information content (AvgIpc) is 2.62. The first-order valence-electron chi connectivity index (χ1n) is 6.87. The van der Waals surface area contributed by atoms with E-state index in [1.54, 1.807) is 42.1 Å². The van der Waals surface area contributed by atoms with E-state index in [0.717, 1.165) is 4.90 Å². The Bertz CT molecular complexity index is 700. The zero-order chi connectivity index (χ0) is 16.8. The summed E-state index contributed by atoms with van der Waals surface area (Å²) in [6.07, 6.45) is 1.96. The Morgan fingerprint density at radius 3 is 2.22 bits per heavy atom. The molecule has 2 rings (SSSR count). The third-order valence-corrected chi connectivity index (χ3v) is 4.20. The molecule has 0 aliphatic rings. The average molecular weight is 331 g/mol. The maximum atomic E-state index is 12.6. The van der Waals surface area contributed by atoms with E-state index in [9.17, 15) is 9.70 Å². The van der Waals surface area contributed by atoms with Crippen LogP contribution in [0.15, 0.2) is 52.5 Å². The van der Waals surface area contributed by atoms with Crippen LogP contribution in [0.25, 0.3) is 0 Å². The van der Waals surface area contributed by atoms with E-state index in [0.29, 0.717) is 22.6 Å². The fourth-order valence-electron chi connectivity index (χ4n) is 2.19. The van der Waals surface area contributed by atoms with Gasteiger partial charge in [-0.3, -0.25) is 4.79 Å². The molecule has 0 spiro atoms. The molecule has 0 heterocycles. The van der Waals surface area contributed by atoms with Crippen LogP contribution in [0.3, 0.4) is 0 Å². The molecular weight excluding hydrogens is 314 g/mol. The van der Waals surface area contributed by atoms with Gasteiger partial charge in [-0.2, -0.15) is 0 Å². The van der Waals surface area contributed by atoms with Crippen molar-refractivity contribution in [3.8, 4) is 11.5 Å². The van der Waals surface area contributed by atoms with Gasteiger partial charge in [-0.1, -0.05) is 17.3 Å². The van der Waals surface area contributed by atoms with Gasteiger partial charge in [0.1, 0.15) is 0 Å². The van der Waals surface area contributed by atoms with Crippen molar-refractivity contribution in [3.05, 3.63) is 58.5 Å². The number of ether oxygens (including phenoxy) is 2. The van der Waals surface area contributed by atoms with Gasteiger partial charge in [0.25, 0.3) is 0 Å². The molecule has 0 aromatic heterocycles. The number of nitroso groups, excluding NO2 is 1. The van der Waals surface area contributed by atoms with Gasteiger partial charge in [-0.25, -0.2) is 0 Å². The van der Waals surface area contributed by atoms with Crippen molar-refractivity contribution in [3.63, 3.8) is 0 Å². The molecule has 120 valence electrons. The Morgan fingerprint density at radius 2 is 1.70 bits per heavy atom. The topological polar surface area (TPSA) is 65.0 Å². The highest BCUT2D eigenvalue weighted by atomic mass is 32.2. The molecule has 5 nitrogen and oxygen atoms in total. The molecule has 2 aromatic carbocycles. The molecule has 0 N–H and O–H groups in total. The number of thioether (sulfide) groups is 1. The molecule has 6 heteroatoms. The number of rotatable bonds is 7. The summed E-state index contributed by atoms with van der Waals surface area (Å²) in [4.78, 5) is 24.9. The summed E-state index contributed by atoms with van der Waals surface area (Å²) in [6, 6.07) is 10.9. The van der Waals surface area contributed by atoms with Crippen LogP contribution < -0.4 is 9.47 Å². The molecule has 0 saturated heterocycles. The van der Waals surface area contributed by atoms with Gasteiger partial charge < -0.3 is 9.47 Å². The van der Waals surface area contributed by atoms with Crippen LogP contribution in [0.2, 0.25) is 0 Å². The number of benzene rings is 2. The minimum Gasteiger partial charge on any atom is -0.493 e. The van der Waals surface area contributed by atoms with Gasteiger partial charge in [-0.05, 0) is 42.2 Å². The Kier molecular flexibility index (Phi) is 5.76. The summed E-state index contributed by atoms with van der Waals surface area (Å²) in [5, 5.41) is 3.01. The van der Waals surface area contributed by atoms with E-state index in [4.69, 9.17) is 9.47 Å². The van der Waals surface area contributed by atoms with Crippen molar-refractivity contribution >= 4 is 17.5 Å². The van der Waals surface area contributed by atoms with Crippen molar-refractivity contribution in [1.29, 1.82) is 0 Å². The summed E-state index contributed by atoms with van der Waals surface area (Å²) < 4.78 is 10.3. The van der Waals surface area contributed by atoms with Crippen LogP contribution in [0.5, 0.6) is 11.5 Å². The second-order valence-corrected chi connectivity index (χ2v) is 5.59. The maximum Gasteiger partial charge on any atom is 0.195 e. The molecule has 0 amide bonds. The molecule has 0 bridgehead atoms. The second-order valence-electron chi connectivity index (χ2n) is 4.72. The fraction of sp³-hybridized carbons (Fsp3) is 0.235. The minimum atomic E-state index is -1.08. The minimum absolute atomic E-state index is 0.348. The number of carbonyl (C=O) groups is 1. The van der Waals surface area contributed by atoms with E-state index in [-0.39, 0.29) is 5.78 Å². The fourth-order valence-corrected chi connectivity index (χ4v) is 2.60. The largest absolute Gasteiger partial charge is 0.493 e. The van der Waals surface area contributed by atoms with Crippen LogP contribution in [0.1, 0.15) is 22.0 Å². The Hall–Kier alpha value is -2.34. The maximum absolute atomic E-state index is 12.6. The van der Waals surface area contributed by atoms with E-state index in [1.165, 1.54) is 14.2 Å². The van der Waals surface area contributed by atoms with Gasteiger partial charge >= 0.3 is 0 Å². The van der Waals surface area contributed by atoms with Gasteiger partial charge in [0, 0.05) is 10.5 Å². The van der Waals surface area contributed by atoms with E-state index >= 15 is 0 Å². The van der Waals surface area contributed by atoms with Crippen molar-refractivity contribution < 1.29 is 14.3 Å². The third-order valence-electron chi connectivity index (χ3n) is 3.45. The van der Waals surface area contributed by atoms with E-state index < -0.39 is 6.04 Å². The normalized spacial score (nSPS) is 11.6. The summed E-state index contributed by atoms with van der Waals surface area (Å²) >= 11 is 1.59. The highest BCUT2D eigenvalue weighted by Crippen LogP contribution is 2.31. The van der Waals surface area contributed by atoms with Gasteiger partial charge in [-0.15, -0.1) is 16.7 Å². The van der Waals surface area contributed by atoms with Crippen LogP contribution in [-0.2, 0) is 0 Å². The highest BCUT2D eigenvalue weighted by Gasteiger charge is 2.24. The first-order chi connectivity index (χ1) is 11.1. The Morgan fingerprint density at radius 1 is 1.04 bits per heavy atom. The lowest BCUT2D eigenvalue weighted by Crippen LogP contribution is -2.11. The second kappa shape index (κ2) is 7.78. The quantitative estimate of drug-likeness (QED) is 0.434. The van der Waals surface area contributed by atoms with Crippen LogP contribution in [0.4, 0.5) is 0 Å². The number of nitrogens with zero attached hydrogens (tertiary/aromatic N) is 1. The number of carbonyl (C=O) groups excluding carboxylic acids is 1. The molecule has 0 fully saturated rings. The number of Topliss-reactive ketones (excluding diaryl/α,β-unsaturated/α-hetero) is 1. The molecule has 0 aliphatic carbocycles. The standard InChI is InChI=1S/C17H17NO4S/c1-21-14-9-6-12(10-15(14)22-2)17(19)16(18-20)11-4-7-13(23-3)8-5-11/h4-10,16H,1-3H3. The molecule has 0 saturated carbocycles. The molecular formula is C17H17NO4S. The van der Waals surface area contributed by atoms with Gasteiger partial charge in [0.05, 0.1) is 14.2 Å². The Labute approximate surface area is 139 Å². The van der Waals surface area contributed by atoms with E-state index in [2.05, 4.69) is 5.18 Å². The summed E-state index contributed by atoms with van der Waals surface area (Å²) in [5.74, 6) is 0.572. The van der Waals surface area contributed by atoms with Crippen molar-refractivity contribution in [2.75, 3.05) is 20.5 Å². The van der Waals surface area contributed by atoms with Gasteiger partial charge in [0.2, 0.25) is 0 Å². The lowest BCUT2D eigenvalue weighted by atomic mass is 9.98. The van der Waals surface area contributed by atoms with Crippen LogP contribution in [-0.4, -0.2) is 26.3 Å². The monoisotopic (exact) mass is 331 g/mol. The number of ketones is 1. The predicted octanol–water partition coefficient (Wildman–Crippen LogP) is 4.12. The Balaban J connectivity index is 2.33. The molecule has 1 unspecified atom stereocenters. The van der Waals surface area contributed by atoms with Crippen molar-refractivity contribution in [1.82, 2.24) is 0 Å². The zero-order valence-electron chi connectivity index (χ0n) is 13.1.